The Balaban J connectivity index is 1.73. The molecule has 2 N–H and O–H groups in total. The molecule has 2 unspecified atom stereocenters. The third kappa shape index (κ3) is 7.68. The van der Waals surface area contributed by atoms with Crippen LogP contribution in [-0.4, -0.2) is 72.3 Å². The number of nitrogens with one attached hydrogen (secondary N) is 2. The molecular formula is C27H41ClN4O3. The average Bonchev–Trinajstić information content (AvgIpc) is 3.33. The zero-order valence-corrected chi connectivity index (χ0v) is 22.2. The third-order valence-electron chi connectivity index (χ3n) is 7.17. The van der Waals surface area contributed by atoms with Gasteiger partial charge in [0, 0.05) is 49.5 Å². The third-order valence-corrected chi connectivity index (χ3v) is 7.43. The predicted octanol–water partition coefficient (Wildman–Crippen LogP) is 3.40. The van der Waals surface area contributed by atoms with Crippen LogP contribution in [0.2, 0.25) is 5.02 Å². The molecule has 2 atom stereocenters. The second-order valence-electron chi connectivity index (χ2n) is 10.2. The van der Waals surface area contributed by atoms with Crippen LogP contribution in [0.15, 0.2) is 24.3 Å². The second kappa shape index (κ2) is 13.3. The Morgan fingerprint density at radius 3 is 2.37 bits per heavy atom. The molecule has 0 aromatic heterocycles. The summed E-state index contributed by atoms with van der Waals surface area (Å²) >= 11 is 6.03. The summed E-state index contributed by atoms with van der Waals surface area (Å²) in [5.41, 5.74) is 0.941. The first-order valence-electron chi connectivity index (χ1n) is 13.1. The zero-order valence-electron chi connectivity index (χ0n) is 21.4. The monoisotopic (exact) mass is 504 g/mol. The van der Waals surface area contributed by atoms with Gasteiger partial charge in [-0.15, -0.1) is 0 Å². The van der Waals surface area contributed by atoms with Crippen molar-refractivity contribution in [3.05, 3.63) is 34.9 Å². The normalized spacial score (nSPS) is 19.6. The number of carbonyl (C=O) groups is 3. The Labute approximate surface area is 214 Å². The van der Waals surface area contributed by atoms with Gasteiger partial charge in [-0.25, -0.2) is 0 Å². The Kier molecular flexibility index (Phi) is 10.4. The Morgan fingerprint density at radius 1 is 1.06 bits per heavy atom. The lowest BCUT2D eigenvalue weighted by Gasteiger charge is -2.39. The highest BCUT2D eigenvalue weighted by Crippen LogP contribution is 2.29. The van der Waals surface area contributed by atoms with Crippen LogP contribution in [0.5, 0.6) is 0 Å². The molecule has 3 amide bonds. The van der Waals surface area contributed by atoms with Gasteiger partial charge in [0.05, 0.1) is 6.04 Å². The van der Waals surface area contributed by atoms with E-state index in [1.807, 2.05) is 30.9 Å². The van der Waals surface area contributed by atoms with Crippen molar-refractivity contribution in [3.63, 3.8) is 0 Å². The lowest BCUT2D eigenvalue weighted by molar-refractivity contribution is -0.141. The van der Waals surface area contributed by atoms with Crippen molar-refractivity contribution in [2.75, 3.05) is 26.7 Å². The fraction of sp³-hybridized carbons (Fsp3) is 0.667. The topological polar surface area (TPSA) is 81.8 Å². The molecule has 1 aliphatic carbocycles. The molecule has 194 valence electrons. The number of likely N-dealkylation sites (tertiary alicyclic amines) is 1. The van der Waals surface area contributed by atoms with Gasteiger partial charge in [0.2, 0.25) is 17.7 Å². The smallest absolute Gasteiger partial charge is 0.245 e. The molecule has 0 bridgehead atoms. The van der Waals surface area contributed by atoms with E-state index < -0.39 is 6.04 Å². The molecule has 7 nitrogen and oxygen atoms in total. The van der Waals surface area contributed by atoms with Gasteiger partial charge in [-0.2, -0.15) is 0 Å². The van der Waals surface area contributed by atoms with Crippen molar-refractivity contribution in [2.24, 2.45) is 5.92 Å². The molecule has 1 heterocycles. The minimum atomic E-state index is -0.650. The molecule has 2 aliphatic rings. The van der Waals surface area contributed by atoms with Crippen molar-refractivity contribution < 1.29 is 14.4 Å². The van der Waals surface area contributed by atoms with Crippen molar-refractivity contribution in [1.29, 1.82) is 0 Å². The Bertz CT molecular complexity index is 854. The molecule has 1 saturated heterocycles. The number of hydrogen-bond donors (Lipinski definition) is 2. The summed E-state index contributed by atoms with van der Waals surface area (Å²) in [5.74, 6) is -0.109. The molecule has 1 saturated carbocycles. The van der Waals surface area contributed by atoms with E-state index in [9.17, 15) is 14.4 Å². The molecule has 3 rings (SSSR count). The van der Waals surface area contributed by atoms with Crippen LogP contribution < -0.4 is 10.6 Å². The number of carbonyl (C=O) groups excluding carboxylic acids is 3. The van der Waals surface area contributed by atoms with Gasteiger partial charge >= 0.3 is 0 Å². The summed E-state index contributed by atoms with van der Waals surface area (Å²) in [4.78, 5) is 43.3. The Hall–Kier alpha value is -2.12. The van der Waals surface area contributed by atoms with E-state index >= 15 is 0 Å². The molecule has 2 fully saturated rings. The fourth-order valence-corrected chi connectivity index (χ4v) is 5.39. The van der Waals surface area contributed by atoms with Crippen molar-refractivity contribution in [2.45, 2.75) is 83.3 Å². The molecule has 8 heteroatoms. The van der Waals surface area contributed by atoms with Gasteiger partial charge < -0.3 is 20.4 Å². The molecule has 1 aliphatic heterocycles. The van der Waals surface area contributed by atoms with E-state index in [2.05, 4.69) is 15.5 Å². The van der Waals surface area contributed by atoms with Crippen LogP contribution in [0.3, 0.4) is 0 Å². The van der Waals surface area contributed by atoms with Crippen LogP contribution in [0.4, 0.5) is 0 Å². The summed E-state index contributed by atoms with van der Waals surface area (Å²) in [6.45, 7) is 5.59. The minimum absolute atomic E-state index is 0.0353. The lowest BCUT2D eigenvalue weighted by atomic mass is 9.92. The van der Waals surface area contributed by atoms with Crippen LogP contribution in [0, 0.1) is 5.92 Å². The first-order valence-corrected chi connectivity index (χ1v) is 13.5. The molecule has 1 aromatic carbocycles. The average molecular weight is 505 g/mol. The highest BCUT2D eigenvalue weighted by Gasteiger charge is 2.39. The summed E-state index contributed by atoms with van der Waals surface area (Å²) in [6.07, 6.45) is 7.12. The van der Waals surface area contributed by atoms with Crippen molar-refractivity contribution >= 4 is 29.3 Å². The van der Waals surface area contributed by atoms with E-state index in [0.717, 1.165) is 37.7 Å². The number of nitrogens with zero attached hydrogens (tertiary/aromatic N) is 2. The van der Waals surface area contributed by atoms with E-state index in [0.29, 0.717) is 37.5 Å². The summed E-state index contributed by atoms with van der Waals surface area (Å²) in [6, 6.07) is 7.03. The van der Waals surface area contributed by atoms with Gasteiger partial charge in [0.15, 0.2) is 0 Å². The maximum absolute atomic E-state index is 13.6. The van der Waals surface area contributed by atoms with Crippen molar-refractivity contribution in [3.8, 4) is 0 Å². The van der Waals surface area contributed by atoms with E-state index in [-0.39, 0.29) is 35.7 Å². The quantitative estimate of drug-likeness (QED) is 0.511. The van der Waals surface area contributed by atoms with E-state index in [4.69, 9.17) is 11.6 Å². The van der Waals surface area contributed by atoms with Crippen LogP contribution in [0.1, 0.15) is 64.4 Å². The Morgan fingerprint density at radius 2 is 1.74 bits per heavy atom. The summed E-state index contributed by atoms with van der Waals surface area (Å²) in [5, 5.41) is 6.56. The van der Waals surface area contributed by atoms with Crippen LogP contribution >= 0.6 is 11.6 Å². The van der Waals surface area contributed by atoms with Crippen LogP contribution in [0.25, 0.3) is 0 Å². The second-order valence-corrected chi connectivity index (χ2v) is 10.7. The summed E-state index contributed by atoms with van der Waals surface area (Å²) < 4.78 is 0. The van der Waals surface area contributed by atoms with Gasteiger partial charge in [-0.3, -0.25) is 14.4 Å². The number of benzene rings is 1. The standard InChI is InChI=1S/C27H41ClN4O3/c1-19(2)26(34)32(22-7-5-4-6-8-22)23-14-16-31(18-23)27(35)24(30-25(33)13-15-29-3)17-20-9-11-21(28)12-10-20/h9-12,19,22-24,29H,4-8,13-18H2,1-3H3,(H,30,33). The SMILES string of the molecule is CNCCC(=O)NC(Cc1ccc(Cl)cc1)C(=O)N1CCC(N(C(=O)C(C)C)C2CCCCC2)C1. The maximum Gasteiger partial charge on any atom is 0.245 e. The number of rotatable bonds is 10. The molecule has 1 aromatic rings. The number of hydrogen-bond acceptors (Lipinski definition) is 4. The maximum atomic E-state index is 13.6. The van der Waals surface area contributed by atoms with Gasteiger partial charge in [-0.05, 0) is 44.0 Å². The molecular weight excluding hydrogens is 464 g/mol. The highest BCUT2D eigenvalue weighted by atomic mass is 35.5. The van der Waals surface area contributed by atoms with E-state index in [1.54, 1.807) is 19.2 Å². The lowest BCUT2D eigenvalue weighted by Crippen LogP contribution is -2.53. The molecule has 0 spiro atoms. The van der Waals surface area contributed by atoms with Gasteiger partial charge in [0.1, 0.15) is 6.04 Å². The molecule has 35 heavy (non-hydrogen) atoms. The van der Waals surface area contributed by atoms with Crippen LogP contribution in [-0.2, 0) is 20.8 Å². The predicted molar refractivity (Wildman–Crippen MR) is 139 cm³/mol. The van der Waals surface area contributed by atoms with Crippen molar-refractivity contribution in [1.82, 2.24) is 20.4 Å². The first kappa shape index (κ1) is 27.5. The van der Waals surface area contributed by atoms with Gasteiger partial charge in [0.25, 0.3) is 0 Å². The largest absolute Gasteiger partial charge is 0.344 e. The number of halogens is 1. The van der Waals surface area contributed by atoms with E-state index in [1.165, 1.54) is 6.42 Å². The highest BCUT2D eigenvalue weighted by molar-refractivity contribution is 6.30. The first-order chi connectivity index (χ1) is 16.8. The fourth-order valence-electron chi connectivity index (χ4n) is 5.27. The minimum Gasteiger partial charge on any atom is -0.344 e. The molecule has 0 radical (unpaired) electrons. The van der Waals surface area contributed by atoms with Gasteiger partial charge in [-0.1, -0.05) is 56.8 Å². The summed E-state index contributed by atoms with van der Waals surface area (Å²) in [7, 11) is 1.80. The number of amides is 3. The zero-order chi connectivity index (χ0) is 25.4.